The normalized spacial score (nSPS) is 18.2. The summed E-state index contributed by atoms with van der Waals surface area (Å²) in [6, 6.07) is 4.06. The van der Waals surface area contributed by atoms with Crippen LogP contribution in [0.3, 0.4) is 0 Å². The first-order chi connectivity index (χ1) is 7.75. The largest absolute Gasteiger partial charge is 0.378 e. The molecule has 16 heavy (non-hydrogen) atoms. The lowest BCUT2D eigenvalue weighted by molar-refractivity contribution is 0.122. The monoisotopic (exact) mass is 239 g/mol. The van der Waals surface area contributed by atoms with Gasteiger partial charge in [0.1, 0.15) is 5.82 Å². The van der Waals surface area contributed by atoms with Gasteiger partial charge in [-0.1, -0.05) is 0 Å². The molecule has 1 aliphatic heterocycles. The molecule has 2 heterocycles. The fourth-order valence-electron chi connectivity index (χ4n) is 1.69. The molecular weight excluding hydrogens is 222 g/mol. The van der Waals surface area contributed by atoms with Gasteiger partial charge in [-0.15, -0.1) is 0 Å². The van der Waals surface area contributed by atoms with E-state index in [9.17, 15) is 0 Å². The van der Waals surface area contributed by atoms with E-state index in [4.69, 9.17) is 4.74 Å². The maximum Gasteiger partial charge on any atom is 0.128 e. The van der Waals surface area contributed by atoms with Gasteiger partial charge in [-0.05, 0) is 19.1 Å². The number of nitrogens with one attached hydrogen (secondary N) is 1. The maximum absolute atomic E-state index is 5.31. The molecule has 1 unspecified atom stereocenters. The quantitative estimate of drug-likeness (QED) is 0.621. The maximum atomic E-state index is 5.31. The van der Waals surface area contributed by atoms with E-state index in [1.807, 2.05) is 25.3 Å². The zero-order valence-corrected chi connectivity index (χ0v) is 10.3. The molecule has 1 aromatic rings. The number of nitrogens with zero attached hydrogens (tertiary/aromatic N) is 2. The average Bonchev–Trinajstić information content (AvgIpc) is 2.30. The van der Waals surface area contributed by atoms with Crippen LogP contribution in [-0.4, -0.2) is 36.7 Å². The molecule has 88 valence electrons. The average molecular weight is 239 g/mol. The van der Waals surface area contributed by atoms with Gasteiger partial charge in [0.15, 0.2) is 0 Å². The summed E-state index contributed by atoms with van der Waals surface area (Å²) in [7, 11) is 0. The van der Waals surface area contributed by atoms with Crippen molar-refractivity contribution in [2.75, 3.05) is 36.5 Å². The zero-order valence-electron chi connectivity index (χ0n) is 9.39. The Kier molecular flexibility index (Phi) is 3.90. The van der Waals surface area contributed by atoms with E-state index in [2.05, 4.69) is 27.8 Å². The second-order valence-electron chi connectivity index (χ2n) is 3.82. The van der Waals surface area contributed by atoms with Gasteiger partial charge in [0.25, 0.3) is 0 Å². The number of aromatic nitrogens is 1. The van der Waals surface area contributed by atoms with Gasteiger partial charge >= 0.3 is 0 Å². The minimum absolute atomic E-state index is 0.135. The summed E-state index contributed by atoms with van der Waals surface area (Å²) in [4.78, 5) is 6.66. The molecule has 1 N–H and O–H groups in total. The van der Waals surface area contributed by atoms with Crippen molar-refractivity contribution in [1.29, 1.82) is 0 Å². The number of rotatable bonds is 3. The number of ether oxygens (including phenoxy) is 1. The molecule has 5 heteroatoms. The summed E-state index contributed by atoms with van der Waals surface area (Å²) >= 11 is 4.27. The van der Waals surface area contributed by atoms with Gasteiger partial charge in [0.2, 0.25) is 0 Å². The summed E-state index contributed by atoms with van der Waals surface area (Å²) in [6.45, 7) is 5.40. The molecule has 0 spiro atoms. The summed E-state index contributed by atoms with van der Waals surface area (Å²) in [5.41, 5.74) is 1.000. The number of pyridine rings is 1. The van der Waals surface area contributed by atoms with Crippen LogP contribution in [0.5, 0.6) is 0 Å². The molecular formula is C11H17N3OS. The molecule has 1 fully saturated rings. The summed E-state index contributed by atoms with van der Waals surface area (Å²) in [5, 5.41) is 3.33. The second-order valence-corrected chi connectivity index (χ2v) is 4.60. The van der Waals surface area contributed by atoms with E-state index < -0.39 is 0 Å². The molecule has 0 saturated carbocycles. The zero-order chi connectivity index (χ0) is 11.4. The second kappa shape index (κ2) is 5.41. The predicted octanol–water partition coefficient (Wildman–Crippen LogP) is 1.61. The van der Waals surface area contributed by atoms with Crippen molar-refractivity contribution in [2.24, 2.45) is 0 Å². The predicted molar refractivity (Wildman–Crippen MR) is 69.3 cm³/mol. The van der Waals surface area contributed by atoms with Crippen LogP contribution in [0.1, 0.15) is 6.92 Å². The van der Waals surface area contributed by atoms with Gasteiger partial charge in [0, 0.05) is 13.1 Å². The summed E-state index contributed by atoms with van der Waals surface area (Å²) < 4.78 is 5.31. The third-order valence-electron chi connectivity index (χ3n) is 2.46. The van der Waals surface area contributed by atoms with Crippen molar-refractivity contribution in [3.63, 3.8) is 0 Å². The van der Waals surface area contributed by atoms with Gasteiger partial charge in [-0.3, -0.25) is 0 Å². The molecule has 1 aliphatic rings. The molecule has 1 saturated heterocycles. The van der Waals surface area contributed by atoms with Gasteiger partial charge in [-0.25, -0.2) is 4.98 Å². The Morgan fingerprint density at radius 3 is 2.75 bits per heavy atom. The van der Waals surface area contributed by atoms with Crippen LogP contribution in [0.25, 0.3) is 0 Å². The fourth-order valence-corrected chi connectivity index (χ4v) is 1.84. The van der Waals surface area contributed by atoms with Crippen molar-refractivity contribution in [1.82, 2.24) is 4.98 Å². The van der Waals surface area contributed by atoms with Crippen LogP contribution in [-0.2, 0) is 4.74 Å². The number of thiol groups is 1. The third-order valence-corrected chi connectivity index (χ3v) is 2.59. The Balaban J connectivity index is 2.00. The Morgan fingerprint density at radius 2 is 2.19 bits per heavy atom. The SMILES string of the molecule is CC(S)Nc1ccc(N2CCOCC2)nc1. The molecule has 0 bridgehead atoms. The van der Waals surface area contributed by atoms with Gasteiger partial charge in [-0.2, -0.15) is 12.6 Å². The Hall–Kier alpha value is -0.940. The minimum atomic E-state index is 0.135. The van der Waals surface area contributed by atoms with Crippen molar-refractivity contribution in [3.05, 3.63) is 18.3 Å². The Morgan fingerprint density at radius 1 is 1.44 bits per heavy atom. The van der Waals surface area contributed by atoms with Crippen LogP contribution in [0, 0.1) is 0 Å². The van der Waals surface area contributed by atoms with Crippen LogP contribution >= 0.6 is 12.6 Å². The smallest absolute Gasteiger partial charge is 0.128 e. The molecule has 2 rings (SSSR count). The van der Waals surface area contributed by atoms with Crippen LogP contribution in [0.2, 0.25) is 0 Å². The number of hydrogen-bond acceptors (Lipinski definition) is 5. The third kappa shape index (κ3) is 3.02. The first kappa shape index (κ1) is 11.5. The molecule has 0 radical (unpaired) electrons. The van der Waals surface area contributed by atoms with E-state index in [1.165, 1.54) is 0 Å². The molecule has 1 atom stereocenters. The molecule has 0 amide bonds. The van der Waals surface area contributed by atoms with Crippen molar-refractivity contribution in [2.45, 2.75) is 12.3 Å². The highest BCUT2D eigenvalue weighted by atomic mass is 32.1. The van der Waals surface area contributed by atoms with Crippen molar-refractivity contribution >= 4 is 24.1 Å². The highest BCUT2D eigenvalue weighted by molar-refractivity contribution is 7.81. The lowest BCUT2D eigenvalue weighted by Gasteiger charge is -2.27. The molecule has 0 aromatic carbocycles. The minimum Gasteiger partial charge on any atom is -0.378 e. The number of hydrogen-bond donors (Lipinski definition) is 2. The summed E-state index contributed by atoms with van der Waals surface area (Å²) in [5.74, 6) is 1.01. The number of anilines is 2. The lowest BCUT2D eigenvalue weighted by Crippen LogP contribution is -2.36. The molecule has 1 aromatic heterocycles. The first-order valence-corrected chi connectivity index (χ1v) is 6.01. The van der Waals surface area contributed by atoms with E-state index >= 15 is 0 Å². The van der Waals surface area contributed by atoms with E-state index in [1.54, 1.807) is 0 Å². The first-order valence-electron chi connectivity index (χ1n) is 5.49. The molecule has 0 aliphatic carbocycles. The van der Waals surface area contributed by atoms with Crippen LogP contribution in [0.4, 0.5) is 11.5 Å². The Bertz CT molecular complexity index is 323. The van der Waals surface area contributed by atoms with Crippen molar-refractivity contribution < 1.29 is 4.74 Å². The van der Waals surface area contributed by atoms with Crippen LogP contribution < -0.4 is 10.2 Å². The van der Waals surface area contributed by atoms with Crippen molar-refractivity contribution in [3.8, 4) is 0 Å². The van der Waals surface area contributed by atoms with Crippen LogP contribution in [0.15, 0.2) is 18.3 Å². The summed E-state index contributed by atoms with van der Waals surface area (Å²) in [6.07, 6.45) is 1.84. The fraction of sp³-hybridized carbons (Fsp3) is 0.545. The highest BCUT2D eigenvalue weighted by Gasteiger charge is 2.11. The Labute approximate surface area is 101 Å². The topological polar surface area (TPSA) is 37.4 Å². The lowest BCUT2D eigenvalue weighted by atomic mass is 10.3. The van der Waals surface area contributed by atoms with Gasteiger partial charge < -0.3 is 15.0 Å². The number of morpholine rings is 1. The standard InChI is InChI=1S/C11H17N3OS/c1-9(16)13-10-2-3-11(12-8-10)14-4-6-15-7-5-14/h2-3,8-9,13,16H,4-7H2,1H3. The van der Waals surface area contributed by atoms with E-state index in [-0.39, 0.29) is 5.37 Å². The molecule has 4 nitrogen and oxygen atoms in total. The van der Waals surface area contributed by atoms with Gasteiger partial charge in [0.05, 0.1) is 30.5 Å². The van der Waals surface area contributed by atoms with E-state index in [0.717, 1.165) is 37.8 Å². The van der Waals surface area contributed by atoms with E-state index in [0.29, 0.717) is 0 Å². The highest BCUT2D eigenvalue weighted by Crippen LogP contribution is 2.16.